The molecule has 0 amide bonds. The smallest absolute Gasteiger partial charge is 0.0923 e. The summed E-state index contributed by atoms with van der Waals surface area (Å²) in [6, 6.07) is 0. The van der Waals surface area contributed by atoms with Crippen LogP contribution < -0.4 is 0 Å². The summed E-state index contributed by atoms with van der Waals surface area (Å²) in [5.74, 6) is 1.67. The molecule has 1 N–H and O–H groups in total. The highest BCUT2D eigenvalue weighted by Gasteiger charge is 2.20. The molecule has 0 saturated heterocycles. The highest BCUT2D eigenvalue weighted by Crippen LogP contribution is 2.32. The molecule has 1 rings (SSSR count). The van der Waals surface area contributed by atoms with E-state index in [1.165, 1.54) is 19.3 Å². The number of amidine groups is 1. The highest BCUT2D eigenvalue weighted by atomic mass is 15.1. The Balaban J connectivity index is 2.05. The Morgan fingerprint density at radius 1 is 1.60 bits per heavy atom. The Morgan fingerprint density at radius 3 is 2.60 bits per heavy atom. The normalized spacial score (nSPS) is 17.0. The van der Waals surface area contributed by atoms with Gasteiger partial charge in [0.2, 0.25) is 0 Å². The van der Waals surface area contributed by atoms with E-state index in [-0.39, 0.29) is 0 Å². The molecule has 0 spiro atoms. The first-order valence-electron chi connectivity index (χ1n) is 3.96. The molecule has 0 bridgehead atoms. The van der Waals surface area contributed by atoms with E-state index < -0.39 is 0 Å². The molecule has 1 saturated carbocycles. The number of nitrogens with zero attached hydrogens (tertiary/aromatic N) is 1. The van der Waals surface area contributed by atoms with E-state index in [0.29, 0.717) is 5.84 Å². The molecule has 0 aliphatic heterocycles. The van der Waals surface area contributed by atoms with Crippen LogP contribution in [-0.4, -0.2) is 24.3 Å². The number of nitrogens with one attached hydrogen (secondary N) is 1. The Labute approximate surface area is 62.7 Å². The van der Waals surface area contributed by atoms with Crippen LogP contribution >= 0.6 is 0 Å². The van der Waals surface area contributed by atoms with Gasteiger partial charge in [-0.2, -0.15) is 0 Å². The summed E-state index contributed by atoms with van der Waals surface area (Å²) in [5.41, 5.74) is 0. The fraction of sp³-hybridized carbons (Fsp3) is 0.875. The zero-order chi connectivity index (χ0) is 7.56. The van der Waals surface area contributed by atoms with Crippen LogP contribution in [0.3, 0.4) is 0 Å². The highest BCUT2D eigenvalue weighted by molar-refractivity contribution is 5.75. The van der Waals surface area contributed by atoms with Gasteiger partial charge in [0.1, 0.15) is 0 Å². The lowest BCUT2D eigenvalue weighted by molar-refractivity contribution is 0.465. The third-order valence-corrected chi connectivity index (χ3v) is 2.14. The molecule has 0 heterocycles. The fourth-order valence-corrected chi connectivity index (χ4v) is 0.950. The quantitative estimate of drug-likeness (QED) is 0.469. The molecule has 2 nitrogen and oxygen atoms in total. The summed E-state index contributed by atoms with van der Waals surface area (Å²) < 4.78 is 0. The second kappa shape index (κ2) is 3.04. The Morgan fingerprint density at radius 2 is 2.20 bits per heavy atom. The average Bonchev–Trinajstić information content (AvgIpc) is 2.64. The molecule has 10 heavy (non-hydrogen) atoms. The van der Waals surface area contributed by atoms with Crippen molar-refractivity contribution in [1.29, 1.82) is 5.41 Å². The monoisotopic (exact) mass is 140 g/mol. The maximum absolute atomic E-state index is 7.29. The number of hydrogen-bond acceptors (Lipinski definition) is 1. The molecule has 0 aromatic rings. The molecule has 58 valence electrons. The molecule has 1 aliphatic rings. The first-order valence-corrected chi connectivity index (χ1v) is 3.96. The second-order valence-corrected chi connectivity index (χ2v) is 3.24. The molecule has 0 aromatic heterocycles. The van der Waals surface area contributed by atoms with Crippen LogP contribution in [0.15, 0.2) is 0 Å². The molecular weight excluding hydrogens is 124 g/mol. The van der Waals surface area contributed by atoms with Gasteiger partial charge in [0.25, 0.3) is 0 Å². The first-order chi connectivity index (χ1) is 4.70. The standard InChI is InChI=1S/C8H16N2/c1-7(9)10(2)6-5-8-3-4-8/h8-9H,3-6H2,1-2H3. The van der Waals surface area contributed by atoms with E-state index in [9.17, 15) is 0 Å². The molecule has 0 unspecified atom stereocenters. The van der Waals surface area contributed by atoms with Crippen LogP contribution in [0.5, 0.6) is 0 Å². The van der Waals surface area contributed by atoms with Crippen molar-refractivity contribution >= 4 is 5.84 Å². The number of hydrogen-bond donors (Lipinski definition) is 1. The van der Waals surface area contributed by atoms with E-state index >= 15 is 0 Å². The van der Waals surface area contributed by atoms with Gasteiger partial charge < -0.3 is 4.90 Å². The van der Waals surface area contributed by atoms with Gasteiger partial charge >= 0.3 is 0 Å². The average molecular weight is 140 g/mol. The summed E-state index contributed by atoms with van der Waals surface area (Å²) in [7, 11) is 1.99. The minimum absolute atomic E-state index is 0.681. The van der Waals surface area contributed by atoms with Crippen LogP contribution in [0, 0.1) is 11.3 Å². The van der Waals surface area contributed by atoms with Crippen molar-refractivity contribution in [3.05, 3.63) is 0 Å². The molecule has 1 fully saturated rings. The van der Waals surface area contributed by atoms with Crippen molar-refractivity contribution in [2.45, 2.75) is 26.2 Å². The van der Waals surface area contributed by atoms with Crippen molar-refractivity contribution < 1.29 is 0 Å². The molecule has 0 radical (unpaired) electrons. The molecular formula is C8H16N2. The molecule has 1 aliphatic carbocycles. The molecule has 0 atom stereocenters. The Hall–Kier alpha value is -0.530. The number of rotatable bonds is 3. The summed E-state index contributed by atoms with van der Waals surface area (Å²) in [6.07, 6.45) is 4.13. The lowest BCUT2D eigenvalue weighted by atomic mass is 10.3. The third-order valence-electron chi connectivity index (χ3n) is 2.14. The summed E-state index contributed by atoms with van der Waals surface area (Å²) in [4.78, 5) is 2.01. The van der Waals surface area contributed by atoms with Crippen LogP contribution in [-0.2, 0) is 0 Å². The zero-order valence-corrected chi connectivity index (χ0v) is 6.85. The van der Waals surface area contributed by atoms with Crippen LogP contribution in [0.2, 0.25) is 0 Å². The van der Waals surface area contributed by atoms with Gasteiger partial charge in [0.15, 0.2) is 0 Å². The summed E-state index contributed by atoms with van der Waals surface area (Å²) in [6.45, 7) is 2.91. The molecule has 0 aromatic carbocycles. The van der Waals surface area contributed by atoms with Crippen LogP contribution in [0.1, 0.15) is 26.2 Å². The minimum Gasteiger partial charge on any atom is -0.364 e. The van der Waals surface area contributed by atoms with E-state index in [1.54, 1.807) is 0 Å². The second-order valence-electron chi connectivity index (χ2n) is 3.24. The maximum Gasteiger partial charge on any atom is 0.0923 e. The molecule has 2 heteroatoms. The van der Waals surface area contributed by atoms with Crippen molar-refractivity contribution in [1.82, 2.24) is 4.90 Å². The minimum atomic E-state index is 0.681. The van der Waals surface area contributed by atoms with Gasteiger partial charge in [-0.05, 0) is 19.3 Å². The van der Waals surface area contributed by atoms with Crippen molar-refractivity contribution in [2.24, 2.45) is 5.92 Å². The van der Waals surface area contributed by atoms with E-state index in [2.05, 4.69) is 0 Å². The predicted octanol–water partition coefficient (Wildman–Crippen LogP) is 1.72. The SMILES string of the molecule is CC(=N)N(C)CCC1CC1. The Bertz CT molecular complexity index is 127. The summed E-state index contributed by atoms with van der Waals surface area (Å²) >= 11 is 0. The van der Waals surface area contributed by atoms with Gasteiger partial charge in [-0.1, -0.05) is 12.8 Å². The van der Waals surface area contributed by atoms with Crippen LogP contribution in [0.4, 0.5) is 0 Å². The lowest BCUT2D eigenvalue weighted by Gasteiger charge is -2.16. The topological polar surface area (TPSA) is 27.1 Å². The predicted molar refractivity (Wildman–Crippen MR) is 43.4 cm³/mol. The van der Waals surface area contributed by atoms with Crippen molar-refractivity contribution in [2.75, 3.05) is 13.6 Å². The fourth-order valence-electron chi connectivity index (χ4n) is 0.950. The maximum atomic E-state index is 7.29. The van der Waals surface area contributed by atoms with Gasteiger partial charge in [-0.15, -0.1) is 0 Å². The summed E-state index contributed by atoms with van der Waals surface area (Å²) in [5, 5.41) is 7.29. The van der Waals surface area contributed by atoms with E-state index in [4.69, 9.17) is 5.41 Å². The van der Waals surface area contributed by atoms with E-state index in [0.717, 1.165) is 12.5 Å². The van der Waals surface area contributed by atoms with Gasteiger partial charge in [0, 0.05) is 13.6 Å². The Kier molecular flexibility index (Phi) is 2.30. The van der Waals surface area contributed by atoms with Crippen molar-refractivity contribution in [3.63, 3.8) is 0 Å². The zero-order valence-electron chi connectivity index (χ0n) is 6.85. The van der Waals surface area contributed by atoms with Gasteiger partial charge in [-0.25, -0.2) is 0 Å². The van der Waals surface area contributed by atoms with Crippen molar-refractivity contribution in [3.8, 4) is 0 Å². The first kappa shape index (κ1) is 7.58. The lowest BCUT2D eigenvalue weighted by Crippen LogP contribution is -2.24. The largest absolute Gasteiger partial charge is 0.364 e. The van der Waals surface area contributed by atoms with Gasteiger partial charge in [-0.3, -0.25) is 5.41 Å². The van der Waals surface area contributed by atoms with Gasteiger partial charge in [0.05, 0.1) is 5.84 Å². The van der Waals surface area contributed by atoms with Crippen LogP contribution in [0.25, 0.3) is 0 Å². The van der Waals surface area contributed by atoms with E-state index in [1.807, 2.05) is 18.9 Å². The third kappa shape index (κ3) is 2.38.